The normalized spacial score (nSPS) is 12.9. The summed E-state index contributed by atoms with van der Waals surface area (Å²) in [4.78, 5) is 38.7. The molecule has 0 aliphatic carbocycles. The third-order valence-corrected chi connectivity index (χ3v) is 9.15. The summed E-state index contributed by atoms with van der Waals surface area (Å²) in [6.07, 6.45) is 21.5. The smallest absolute Gasteiger partial charge is 0.253 e. The first kappa shape index (κ1) is 42.0. The van der Waals surface area contributed by atoms with Gasteiger partial charge in [-0.05, 0) is 111 Å². The number of benzene rings is 2. The molecule has 1 aliphatic rings. The van der Waals surface area contributed by atoms with Crippen LogP contribution in [0.5, 0.6) is 5.75 Å². The van der Waals surface area contributed by atoms with Gasteiger partial charge in [0.25, 0.3) is 5.91 Å². The van der Waals surface area contributed by atoms with Crippen molar-refractivity contribution in [3.8, 4) is 11.9 Å². The molecular weight excluding hydrogens is 712 g/mol. The van der Waals surface area contributed by atoms with Gasteiger partial charge in [0.15, 0.2) is 6.19 Å². The Kier molecular flexibility index (Phi) is 19.3. The number of hydrogen-bond donors (Lipinski definition) is 3. The van der Waals surface area contributed by atoms with Crippen molar-refractivity contribution in [2.45, 2.75) is 57.8 Å². The molecule has 1 fully saturated rings. The molecule has 0 spiro atoms. The molecule has 1 saturated heterocycles. The second kappa shape index (κ2) is 25.3. The Morgan fingerprint density at radius 3 is 2.38 bits per heavy atom. The van der Waals surface area contributed by atoms with Crippen molar-refractivity contribution in [1.29, 1.82) is 5.26 Å². The van der Waals surface area contributed by atoms with E-state index in [1.165, 1.54) is 0 Å². The van der Waals surface area contributed by atoms with Gasteiger partial charge in [-0.15, -0.1) is 0 Å². The summed E-state index contributed by atoms with van der Waals surface area (Å²) in [5, 5.41) is 18.1. The highest BCUT2D eigenvalue weighted by molar-refractivity contribution is 6.30. The van der Waals surface area contributed by atoms with Gasteiger partial charge in [-0.3, -0.25) is 29.9 Å². The molecule has 0 radical (unpaired) electrons. The number of nitrogens with zero attached hydrogens (tertiary/aromatic N) is 5. The topological polar surface area (TPSA) is 145 Å². The number of hydrogen-bond acceptors (Lipinski definition) is 7. The largest absolute Gasteiger partial charge is 0.494 e. The van der Waals surface area contributed by atoms with E-state index in [1.807, 2.05) is 90.0 Å². The number of anilines is 1. The van der Waals surface area contributed by atoms with Crippen molar-refractivity contribution in [2.24, 2.45) is 10.9 Å². The highest BCUT2D eigenvalue weighted by Crippen LogP contribution is 2.23. The van der Waals surface area contributed by atoms with Gasteiger partial charge in [0.1, 0.15) is 5.75 Å². The van der Waals surface area contributed by atoms with E-state index in [4.69, 9.17) is 21.6 Å². The van der Waals surface area contributed by atoms with Crippen molar-refractivity contribution in [2.75, 3.05) is 38.1 Å². The van der Waals surface area contributed by atoms with E-state index in [2.05, 4.69) is 30.9 Å². The molecule has 1 aliphatic heterocycles. The van der Waals surface area contributed by atoms with Gasteiger partial charge in [0.05, 0.1) is 6.61 Å². The number of aromatic nitrogens is 2. The molecule has 3 heterocycles. The summed E-state index contributed by atoms with van der Waals surface area (Å²) in [6.45, 7) is 3.72. The Morgan fingerprint density at radius 1 is 0.891 bits per heavy atom. The fourth-order valence-electron chi connectivity index (χ4n) is 5.88. The highest BCUT2D eigenvalue weighted by Gasteiger charge is 2.23. The minimum absolute atomic E-state index is 0.0680. The molecule has 3 N–H and O–H groups in total. The lowest BCUT2D eigenvalue weighted by atomic mass is 9.91. The maximum absolute atomic E-state index is 12.5. The van der Waals surface area contributed by atoms with E-state index in [-0.39, 0.29) is 11.8 Å². The van der Waals surface area contributed by atoms with Gasteiger partial charge in [-0.2, -0.15) is 5.26 Å². The zero-order valence-corrected chi connectivity index (χ0v) is 32.0. The first-order valence-electron chi connectivity index (χ1n) is 19.0. The van der Waals surface area contributed by atoms with Gasteiger partial charge >= 0.3 is 0 Å². The predicted molar refractivity (Wildman–Crippen MR) is 220 cm³/mol. The number of pyridine rings is 2. The number of unbranched alkanes of at least 4 members (excludes halogenated alkanes) is 4. The number of carbonyl (C=O) groups is 2. The number of rotatable bonds is 17. The second-order valence-electron chi connectivity index (χ2n) is 13.1. The van der Waals surface area contributed by atoms with Crippen LogP contribution in [0.15, 0.2) is 115 Å². The van der Waals surface area contributed by atoms with Crippen molar-refractivity contribution in [1.82, 2.24) is 25.5 Å². The minimum atomic E-state index is -0.0680. The van der Waals surface area contributed by atoms with Crippen LogP contribution in [0.2, 0.25) is 5.02 Å². The third-order valence-electron chi connectivity index (χ3n) is 8.89. The SMILES string of the molecule is N#CNC(=NCCCCCCOc1ccc(Cl)cc1)Nc1ccncc1.O=C(/C=C/c1cccnc1)NCCCCC1CCN(C(=O)c2ccccc2)CC1. The zero-order valence-electron chi connectivity index (χ0n) is 31.3. The molecule has 55 heavy (non-hydrogen) atoms. The number of nitrogens with one attached hydrogen (secondary N) is 3. The molecule has 11 nitrogen and oxygen atoms in total. The molecule has 288 valence electrons. The molecule has 0 unspecified atom stereocenters. The Balaban J connectivity index is 0.000000246. The minimum Gasteiger partial charge on any atom is -0.494 e. The molecule has 0 saturated carbocycles. The fourth-order valence-corrected chi connectivity index (χ4v) is 6.00. The van der Waals surface area contributed by atoms with E-state index in [0.29, 0.717) is 36.6 Å². The van der Waals surface area contributed by atoms with E-state index in [1.54, 1.807) is 36.9 Å². The summed E-state index contributed by atoms with van der Waals surface area (Å²) in [5.41, 5.74) is 2.53. The Morgan fingerprint density at radius 2 is 1.65 bits per heavy atom. The van der Waals surface area contributed by atoms with E-state index in [0.717, 1.165) is 93.4 Å². The summed E-state index contributed by atoms with van der Waals surface area (Å²) in [5.74, 6) is 2.04. The van der Waals surface area contributed by atoms with Gasteiger partial charge < -0.3 is 20.3 Å². The average molecular weight is 763 g/mol. The molecule has 2 aromatic carbocycles. The maximum Gasteiger partial charge on any atom is 0.253 e. The summed E-state index contributed by atoms with van der Waals surface area (Å²) in [6, 6.07) is 24.3. The number of ether oxygens (including phenoxy) is 1. The summed E-state index contributed by atoms with van der Waals surface area (Å²) in [7, 11) is 0. The lowest BCUT2D eigenvalue weighted by Crippen LogP contribution is -2.38. The maximum atomic E-state index is 12.5. The third kappa shape index (κ3) is 17.3. The molecule has 2 amide bonds. The van der Waals surface area contributed by atoms with Crippen molar-refractivity contribution in [3.05, 3.63) is 126 Å². The number of carbonyl (C=O) groups excluding carboxylic acids is 2. The Bertz CT molecular complexity index is 1780. The van der Waals surface area contributed by atoms with Crippen LogP contribution < -0.4 is 20.7 Å². The van der Waals surface area contributed by atoms with Crippen LogP contribution in [0.25, 0.3) is 6.08 Å². The molecular formula is C43H51ClN8O3. The molecule has 12 heteroatoms. The van der Waals surface area contributed by atoms with Crippen molar-refractivity contribution >= 4 is 41.1 Å². The van der Waals surface area contributed by atoms with Gasteiger partial charge in [0.2, 0.25) is 11.9 Å². The number of halogens is 1. The van der Waals surface area contributed by atoms with Crippen LogP contribution in [-0.4, -0.2) is 65.4 Å². The lowest BCUT2D eigenvalue weighted by molar-refractivity contribution is -0.116. The van der Waals surface area contributed by atoms with Gasteiger partial charge in [-0.25, -0.2) is 0 Å². The first-order valence-corrected chi connectivity index (χ1v) is 19.3. The lowest BCUT2D eigenvalue weighted by Gasteiger charge is -2.32. The number of piperidine rings is 1. The summed E-state index contributed by atoms with van der Waals surface area (Å²) >= 11 is 5.84. The predicted octanol–water partition coefficient (Wildman–Crippen LogP) is 8.15. The van der Waals surface area contributed by atoms with Crippen LogP contribution >= 0.6 is 11.6 Å². The van der Waals surface area contributed by atoms with Crippen molar-refractivity contribution < 1.29 is 14.3 Å². The van der Waals surface area contributed by atoms with E-state index >= 15 is 0 Å². The van der Waals surface area contributed by atoms with Crippen LogP contribution in [0.3, 0.4) is 0 Å². The quantitative estimate of drug-likeness (QED) is 0.0244. The molecule has 0 atom stereocenters. The molecule has 2 aromatic heterocycles. The van der Waals surface area contributed by atoms with Crippen LogP contribution in [0.4, 0.5) is 5.69 Å². The fraction of sp³-hybridized carbons (Fsp3) is 0.349. The van der Waals surface area contributed by atoms with Crippen LogP contribution in [0, 0.1) is 17.4 Å². The summed E-state index contributed by atoms with van der Waals surface area (Å²) < 4.78 is 5.66. The molecule has 5 rings (SSSR count). The standard InChI is InChI=1S/C24H29N3O2.C19H22ClN5O/c28-23(12-11-21-8-6-15-25-19-21)26-16-5-4-7-20-13-17-27(18-14-20)24(29)22-9-2-1-3-10-22;20-16-5-7-18(8-6-16)26-14-4-2-1-3-11-23-19(24-15-21)25-17-9-12-22-13-10-17/h1-3,6,8-12,15,19-20H,4-5,7,13-14,16-18H2,(H,26,28);5-10,12-13H,1-4,11,14H2,(H2,22,23,24,25)/b12-11+;. The number of nitriles is 1. The molecule has 4 aromatic rings. The number of amides is 2. The van der Waals surface area contributed by atoms with Gasteiger partial charge in [0, 0.05) is 73.3 Å². The zero-order chi connectivity index (χ0) is 38.8. The van der Waals surface area contributed by atoms with Crippen molar-refractivity contribution in [3.63, 3.8) is 0 Å². The average Bonchev–Trinajstić information content (AvgIpc) is 3.23. The van der Waals surface area contributed by atoms with Crippen LogP contribution in [-0.2, 0) is 4.79 Å². The van der Waals surface area contributed by atoms with Gasteiger partial charge in [-0.1, -0.05) is 55.1 Å². The number of guanidine groups is 1. The first-order chi connectivity index (χ1) is 27.0. The highest BCUT2D eigenvalue weighted by atomic mass is 35.5. The monoisotopic (exact) mass is 762 g/mol. The van der Waals surface area contributed by atoms with E-state index in [9.17, 15) is 9.59 Å². The Hall–Kier alpha value is -5.73. The molecule has 0 bridgehead atoms. The Labute approximate surface area is 329 Å². The second-order valence-corrected chi connectivity index (χ2v) is 13.5. The number of likely N-dealkylation sites (tertiary alicyclic amines) is 1. The number of aliphatic imine (C=N–C) groups is 1. The van der Waals surface area contributed by atoms with E-state index < -0.39 is 0 Å². The van der Waals surface area contributed by atoms with Crippen LogP contribution in [0.1, 0.15) is 73.7 Å².